The molecular weight excluding hydrogens is 254 g/mol. The van der Waals surface area contributed by atoms with Crippen molar-refractivity contribution in [3.8, 4) is 0 Å². The molecule has 76 valence electrons. The largest absolute Gasteiger partial charge is 0.294 e. The van der Waals surface area contributed by atoms with Gasteiger partial charge in [-0.1, -0.05) is 0 Å². The number of ketones is 1. The summed E-state index contributed by atoms with van der Waals surface area (Å²) in [5, 5.41) is 0. The fourth-order valence-electron chi connectivity index (χ4n) is 1.18. The molecule has 1 nitrogen and oxygen atoms in total. The van der Waals surface area contributed by atoms with Crippen molar-refractivity contribution in [2.75, 3.05) is 0 Å². The molecule has 1 aromatic carbocycles. The summed E-state index contributed by atoms with van der Waals surface area (Å²) >= 11 is 3.20. The SMILES string of the molecule is CC(=O)c1cc(C(F)F)cc(C)c1Br. The molecule has 0 radical (unpaired) electrons. The van der Waals surface area contributed by atoms with E-state index in [1.807, 2.05) is 0 Å². The number of aryl methyl sites for hydroxylation is 1. The molecule has 1 aromatic rings. The Balaban J connectivity index is 3.35. The van der Waals surface area contributed by atoms with E-state index in [4.69, 9.17) is 0 Å². The van der Waals surface area contributed by atoms with Gasteiger partial charge >= 0.3 is 0 Å². The van der Waals surface area contributed by atoms with Crippen LogP contribution in [0.3, 0.4) is 0 Å². The summed E-state index contributed by atoms with van der Waals surface area (Å²) in [5.41, 5.74) is 0.837. The lowest BCUT2D eigenvalue weighted by Crippen LogP contribution is -1.98. The standard InChI is InChI=1S/C10H9BrF2O/c1-5-3-7(10(12)13)4-8(6(2)14)9(5)11/h3-4,10H,1-2H3. The molecule has 0 atom stereocenters. The predicted molar refractivity (Wildman–Crippen MR) is 53.8 cm³/mol. The van der Waals surface area contributed by atoms with E-state index in [-0.39, 0.29) is 11.3 Å². The second-order valence-corrected chi connectivity index (χ2v) is 3.85. The van der Waals surface area contributed by atoms with Crippen molar-refractivity contribution in [2.45, 2.75) is 20.3 Å². The number of carbonyl (C=O) groups excluding carboxylic acids is 1. The number of carbonyl (C=O) groups is 1. The van der Waals surface area contributed by atoms with Crippen LogP contribution in [0.15, 0.2) is 16.6 Å². The van der Waals surface area contributed by atoms with Crippen molar-refractivity contribution in [3.63, 3.8) is 0 Å². The molecule has 0 heterocycles. The first kappa shape index (κ1) is 11.3. The van der Waals surface area contributed by atoms with E-state index in [1.165, 1.54) is 19.1 Å². The quantitative estimate of drug-likeness (QED) is 0.739. The van der Waals surface area contributed by atoms with E-state index in [9.17, 15) is 13.6 Å². The van der Waals surface area contributed by atoms with Crippen LogP contribution >= 0.6 is 15.9 Å². The maximum atomic E-state index is 12.4. The molecule has 0 N–H and O–H groups in total. The Kier molecular flexibility index (Phi) is 3.37. The van der Waals surface area contributed by atoms with E-state index < -0.39 is 6.43 Å². The molecule has 0 aliphatic rings. The van der Waals surface area contributed by atoms with Crippen molar-refractivity contribution in [2.24, 2.45) is 0 Å². The lowest BCUT2D eigenvalue weighted by molar-refractivity contribution is 0.101. The number of hydrogen-bond acceptors (Lipinski definition) is 1. The predicted octanol–water partition coefficient (Wildman–Crippen LogP) is 3.90. The summed E-state index contributed by atoms with van der Waals surface area (Å²) in [7, 11) is 0. The van der Waals surface area contributed by atoms with E-state index in [2.05, 4.69) is 15.9 Å². The highest BCUT2D eigenvalue weighted by Crippen LogP contribution is 2.28. The summed E-state index contributed by atoms with van der Waals surface area (Å²) in [6.07, 6.45) is -2.54. The highest BCUT2D eigenvalue weighted by molar-refractivity contribution is 9.10. The maximum absolute atomic E-state index is 12.4. The second-order valence-electron chi connectivity index (χ2n) is 3.06. The van der Waals surface area contributed by atoms with Crippen LogP contribution < -0.4 is 0 Å². The Bertz CT molecular complexity index is 375. The van der Waals surface area contributed by atoms with Gasteiger partial charge in [0.25, 0.3) is 6.43 Å². The van der Waals surface area contributed by atoms with Crippen LogP contribution in [0.4, 0.5) is 8.78 Å². The van der Waals surface area contributed by atoms with E-state index in [0.29, 0.717) is 15.6 Å². The van der Waals surface area contributed by atoms with Crippen LogP contribution in [0.1, 0.15) is 34.8 Å². The molecule has 0 amide bonds. The van der Waals surface area contributed by atoms with Gasteiger partial charge in [0, 0.05) is 15.6 Å². The topological polar surface area (TPSA) is 17.1 Å². The van der Waals surface area contributed by atoms with Crippen LogP contribution in [0.25, 0.3) is 0 Å². The average Bonchev–Trinajstić information content (AvgIpc) is 2.08. The summed E-state index contributed by atoms with van der Waals surface area (Å²) in [6, 6.07) is 2.60. The van der Waals surface area contributed by atoms with Gasteiger partial charge in [0.2, 0.25) is 0 Å². The zero-order chi connectivity index (χ0) is 10.9. The minimum atomic E-state index is -2.54. The smallest absolute Gasteiger partial charge is 0.263 e. The van der Waals surface area contributed by atoms with Crippen molar-refractivity contribution < 1.29 is 13.6 Å². The van der Waals surface area contributed by atoms with Gasteiger partial charge in [-0.15, -0.1) is 0 Å². The Labute approximate surface area is 89.3 Å². The number of Topliss-reactive ketones (excluding diaryl/α,β-unsaturated/α-hetero) is 1. The van der Waals surface area contributed by atoms with Gasteiger partial charge < -0.3 is 0 Å². The number of rotatable bonds is 2. The molecule has 0 fully saturated rings. The second kappa shape index (κ2) is 4.17. The Morgan fingerprint density at radius 1 is 1.43 bits per heavy atom. The fraction of sp³-hybridized carbons (Fsp3) is 0.300. The first-order valence-electron chi connectivity index (χ1n) is 4.02. The third kappa shape index (κ3) is 2.18. The molecular formula is C10H9BrF2O. The lowest BCUT2D eigenvalue weighted by Gasteiger charge is -2.07. The Morgan fingerprint density at radius 2 is 2.00 bits per heavy atom. The number of hydrogen-bond donors (Lipinski definition) is 0. The summed E-state index contributed by atoms with van der Waals surface area (Å²) in [5.74, 6) is -0.220. The van der Waals surface area contributed by atoms with Crippen molar-refractivity contribution in [3.05, 3.63) is 33.3 Å². The Hall–Kier alpha value is -0.770. The Morgan fingerprint density at radius 3 is 2.43 bits per heavy atom. The average molecular weight is 263 g/mol. The lowest BCUT2D eigenvalue weighted by atomic mass is 10.0. The number of alkyl halides is 2. The molecule has 0 unspecified atom stereocenters. The molecule has 0 saturated carbocycles. The van der Waals surface area contributed by atoms with Crippen LogP contribution in [0, 0.1) is 6.92 Å². The molecule has 4 heteroatoms. The molecule has 0 aliphatic heterocycles. The highest BCUT2D eigenvalue weighted by Gasteiger charge is 2.14. The van der Waals surface area contributed by atoms with Gasteiger partial charge in [-0.05, 0) is 47.5 Å². The van der Waals surface area contributed by atoms with Crippen molar-refractivity contribution in [1.82, 2.24) is 0 Å². The molecule has 0 aromatic heterocycles. The van der Waals surface area contributed by atoms with Crippen LogP contribution in [-0.2, 0) is 0 Å². The van der Waals surface area contributed by atoms with Gasteiger partial charge in [0.15, 0.2) is 5.78 Å². The fourth-order valence-corrected chi connectivity index (χ4v) is 1.69. The number of halogens is 3. The third-order valence-corrected chi connectivity index (χ3v) is 2.96. The van der Waals surface area contributed by atoms with Crippen LogP contribution in [0.5, 0.6) is 0 Å². The van der Waals surface area contributed by atoms with Crippen LogP contribution in [0.2, 0.25) is 0 Å². The normalized spacial score (nSPS) is 10.7. The summed E-state index contributed by atoms with van der Waals surface area (Å²) in [6.45, 7) is 3.04. The van der Waals surface area contributed by atoms with Gasteiger partial charge in [0.05, 0.1) is 0 Å². The van der Waals surface area contributed by atoms with Crippen molar-refractivity contribution in [1.29, 1.82) is 0 Å². The molecule has 0 aliphatic carbocycles. The highest BCUT2D eigenvalue weighted by atomic mass is 79.9. The molecule has 14 heavy (non-hydrogen) atoms. The zero-order valence-corrected chi connectivity index (χ0v) is 9.36. The van der Waals surface area contributed by atoms with E-state index in [0.717, 1.165) is 0 Å². The third-order valence-electron chi connectivity index (χ3n) is 1.91. The van der Waals surface area contributed by atoms with Gasteiger partial charge in [-0.25, -0.2) is 8.78 Å². The molecule has 0 saturated heterocycles. The monoisotopic (exact) mass is 262 g/mol. The molecule has 0 spiro atoms. The van der Waals surface area contributed by atoms with Gasteiger partial charge in [-0.2, -0.15) is 0 Å². The zero-order valence-electron chi connectivity index (χ0n) is 7.77. The van der Waals surface area contributed by atoms with E-state index >= 15 is 0 Å². The molecule has 0 bridgehead atoms. The minimum Gasteiger partial charge on any atom is -0.294 e. The van der Waals surface area contributed by atoms with E-state index in [1.54, 1.807) is 6.92 Å². The van der Waals surface area contributed by atoms with Crippen LogP contribution in [-0.4, -0.2) is 5.78 Å². The summed E-state index contributed by atoms with van der Waals surface area (Å²) in [4.78, 5) is 11.1. The first-order chi connectivity index (χ1) is 6.43. The summed E-state index contributed by atoms with van der Waals surface area (Å²) < 4.78 is 25.4. The van der Waals surface area contributed by atoms with Gasteiger partial charge in [-0.3, -0.25) is 4.79 Å². The number of benzene rings is 1. The maximum Gasteiger partial charge on any atom is 0.263 e. The van der Waals surface area contributed by atoms with Crippen molar-refractivity contribution >= 4 is 21.7 Å². The van der Waals surface area contributed by atoms with Gasteiger partial charge in [0.1, 0.15) is 0 Å². The first-order valence-corrected chi connectivity index (χ1v) is 4.82. The molecule has 1 rings (SSSR count). The minimum absolute atomic E-state index is 0.115.